The van der Waals surface area contributed by atoms with Gasteiger partial charge < -0.3 is 14.8 Å². The van der Waals surface area contributed by atoms with Gasteiger partial charge in [-0.05, 0) is 65.9 Å². The van der Waals surface area contributed by atoms with E-state index >= 15 is 0 Å². The summed E-state index contributed by atoms with van der Waals surface area (Å²) in [5, 5.41) is 3.49. The number of rotatable bonds is 5. The Balaban J connectivity index is 1.51. The molecule has 3 nitrogen and oxygen atoms in total. The number of benzene rings is 1. The van der Waals surface area contributed by atoms with Crippen LogP contribution in [0.5, 0.6) is 11.5 Å². The van der Waals surface area contributed by atoms with Crippen LogP contribution in [0.15, 0.2) is 28.3 Å². The molecule has 0 fully saturated rings. The van der Waals surface area contributed by atoms with E-state index < -0.39 is 0 Å². The first-order chi connectivity index (χ1) is 9.33. The number of halogens is 1. The van der Waals surface area contributed by atoms with Crippen LogP contribution in [0.4, 0.5) is 0 Å². The van der Waals surface area contributed by atoms with Gasteiger partial charge in [-0.15, -0.1) is 0 Å². The van der Waals surface area contributed by atoms with Crippen molar-refractivity contribution in [2.45, 2.75) is 32.2 Å². The molecule has 3 rings (SSSR count). The molecule has 0 saturated heterocycles. The lowest BCUT2D eigenvalue weighted by Gasteiger charge is -2.07. The molecular weight excluding hydrogens is 306 g/mol. The minimum atomic E-state index is 0.318. The molecule has 0 amide bonds. The zero-order chi connectivity index (χ0) is 13.1. The van der Waals surface area contributed by atoms with Crippen LogP contribution < -0.4 is 14.8 Å². The fourth-order valence-electron chi connectivity index (χ4n) is 2.57. The Labute approximate surface area is 122 Å². The van der Waals surface area contributed by atoms with Crippen LogP contribution in [0.25, 0.3) is 0 Å². The van der Waals surface area contributed by atoms with E-state index in [1.807, 2.05) is 0 Å². The van der Waals surface area contributed by atoms with Gasteiger partial charge in [0.05, 0.1) is 4.47 Å². The predicted molar refractivity (Wildman–Crippen MR) is 78.5 cm³/mol. The number of ether oxygens (including phenoxy) is 2. The lowest BCUT2D eigenvalue weighted by Crippen LogP contribution is -2.15. The van der Waals surface area contributed by atoms with Gasteiger partial charge >= 0.3 is 0 Å². The third-order valence-corrected chi connectivity index (χ3v) is 4.16. The highest BCUT2D eigenvalue weighted by Crippen LogP contribution is 2.39. The van der Waals surface area contributed by atoms with Gasteiger partial charge in [-0.2, -0.15) is 0 Å². The molecule has 0 unspecified atom stereocenters. The van der Waals surface area contributed by atoms with Crippen molar-refractivity contribution >= 4 is 15.9 Å². The molecule has 102 valence electrons. The van der Waals surface area contributed by atoms with Gasteiger partial charge in [0.25, 0.3) is 0 Å². The fourth-order valence-corrected chi connectivity index (χ4v) is 3.17. The van der Waals surface area contributed by atoms with Crippen LogP contribution in [-0.2, 0) is 6.54 Å². The molecule has 1 N–H and O–H groups in total. The molecule has 0 atom stereocenters. The van der Waals surface area contributed by atoms with Crippen LogP contribution in [0, 0.1) is 0 Å². The molecule has 2 aliphatic rings. The van der Waals surface area contributed by atoms with Crippen molar-refractivity contribution < 1.29 is 9.47 Å². The number of allylic oxidation sites excluding steroid dienone is 1. The number of nitrogens with one attached hydrogen (secondary N) is 1. The average molecular weight is 324 g/mol. The molecule has 0 radical (unpaired) electrons. The Bertz CT molecular complexity index is 499. The summed E-state index contributed by atoms with van der Waals surface area (Å²) in [5.74, 6) is 1.66. The Morgan fingerprint density at radius 3 is 3.05 bits per heavy atom. The van der Waals surface area contributed by atoms with Gasteiger partial charge in [-0.25, -0.2) is 0 Å². The van der Waals surface area contributed by atoms with Gasteiger partial charge in [-0.3, -0.25) is 0 Å². The highest BCUT2D eigenvalue weighted by Gasteiger charge is 2.17. The van der Waals surface area contributed by atoms with E-state index in [2.05, 4.69) is 39.5 Å². The van der Waals surface area contributed by atoms with Gasteiger partial charge in [-0.1, -0.05) is 11.6 Å². The summed E-state index contributed by atoms with van der Waals surface area (Å²) in [5.41, 5.74) is 2.83. The average Bonchev–Trinajstić information content (AvgIpc) is 3.05. The summed E-state index contributed by atoms with van der Waals surface area (Å²) in [4.78, 5) is 0. The summed E-state index contributed by atoms with van der Waals surface area (Å²) < 4.78 is 11.8. The molecule has 1 heterocycles. The first-order valence-electron chi connectivity index (χ1n) is 6.79. The van der Waals surface area contributed by atoms with Crippen molar-refractivity contribution in [3.8, 4) is 11.5 Å². The summed E-state index contributed by atoms with van der Waals surface area (Å²) in [6.45, 7) is 2.22. The second-order valence-corrected chi connectivity index (χ2v) is 5.85. The highest BCUT2D eigenvalue weighted by molar-refractivity contribution is 9.10. The summed E-state index contributed by atoms with van der Waals surface area (Å²) in [7, 11) is 0. The van der Waals surface area contributed by atoms with Gasteiger partial charge in [0, 0.05) is 6.54 Å². The van der Waals surface area contributed by atoms with Crippen molar-refractivity contribution in [2.24, 2.45) is 0 Å². The Morgan fingerprint density at radius 1 is 1.26 bits per heavy atom. The molecule has 1 aromatic rings. The molecule has 19 heavy (non-hydrogen) atoms. The Kier molecular flexibility index (Phi) is 4.09. The molecule has 4 heteroatoms. The fraction of sp³-hybridized carbons (Fsp3) is 0.467. The van der Waals surface area contributed by atoms with Gasteiger partial charge in [0.1, 0.15) is 0 Å². The van der Waals surface area contributed by atoms with Crippen LogP contribution in [0.3, 0.4) is 0 Å². The van der Waals surface area contributed by atoms with Gasteiger partial charge in [0.2, 0.25) is 6.79 Å². The molecule has 0 saturated carbocycles. The van der Waals surface area contributed by atoms with Crippen LogP contribution >= 0.6 is 15.9 Å². The maximum Gasteiger partial charge on any atom is 0.231 e. The van der Waals surface area contributed by atoms with Gasteiger partial charge in [0.15, 0.2) is 11.5 Å². The lowest BCUT2D eigenvalue weighted by atomic mass is 10.1. The maximum atomic E-state index is 5.42. The molecule has 0 bridgehead atoms. The Morgan fingerprint density at radius 2 is 2.21 bits per heavy atom. The third-order valence-electron chi connectivity index (χ3n) is 3.57. The zero-order valence-electron chi connectivity index (χ0n) is 10.9. The second kappa shape index (κ2) is 5.97. The van der Waals surface area contributed by atoms with E-state index in [9.17, 15) is 0 Å². The van der Waals surface area contributed by atoms with E-state index in [1.54, 1.807) is 5.57 Å². The van der Waals surface area contributed by atoms with Crippen molar-refractivity contribution in [3.05, 3.63) is 33.8 Å². The van der Waals surface area contributed by atoms with Crippen LogP contribution in [-0.4, -0.2) is 13.3 Å². The molecule has 0 aromatic heterocycles. The van der Waals surface area contributed by atoms with Crippen LogP contribution in [0.2, 0.25) is 0 Å². The lowest BCUT2D eigenvalue weighted by molar-refractivity contribution is 0.173. The van der Waals surface area contributed by atoms with Crippen molar-refractivity contribution in [3.63, 3.8) is 0 Å². The molecule has 0 spiro atoms. The van der Waals surface area contributed by atoms with Crippen molar-refractivity contribution in [1.29, 1.82) is 0 Å². The number of hydrogen-bond acceptors (Lipinski definition) is 3. The standard InChI is InChI=1S/C15H18BrNO2/c16-13-7-12(8-14-15(13)19-10-18-14)9-17-6-5-11-3-1-2-4-11/h3,7-8,17H,1-2,4-6,9-10H2. The van der Waals surface area contributed by atoms with Crippen molar-refractivity contribution in [1.82, 2.24) is 5.32 Å². The normalized spacial score (nSPS) is 16.8. The summed E-state index contributed by atoms with van der Waals surface area (Å²) in [6.07, 6.45) is 7.46. The number of fused-ring (bicyclic) bond motifs is 1. The summed E-state index contributed by atoms with van der Waals surface area (Å²) >= 11 is 3.52. The molecule has 1 aliphatic carbocycles. The topological polar surface area (TPSA) is 30.5 Å². The molecule has 1 aliphatic heterocycles. The minimum Gasteiger partial charge on any atom is -0.454 e. The smallest absolute Gasteiger partial charge is 0.231 e. The maximum absolute atomic E-state index is 5.42. The molecular formula is C15H18BrNO2. The molecule has 1 aromatic carbocycles. The first-order valence-corrected chi connectivity index (χ1v) is 7.59. The largest absolute Gasteiger partial charge is 0.454 e. The van der Waals surface area contributed by atoms with Crippen molar-refractivity contribution in [2.75, 3.05) is 13.3 Å². The van der Waals surface area contributed by atoms with Crippen LogP contribution in [0.1, 0.15) is 31.2 Å². The zero-order valence-corrected chi connectivity index (χ0v) is 12.5. The summed E-state index contributed by atoms with van der Waals surface area (Å²) in [6, 6.07) is 4.14. The predicted octanol–water partition coefficient (Wildman–Crippen LogP) is 3.77. The van der Waals surface area contributed by atoms with E-state index in [0.717, 1.165) is 29.1 Å². The van der Waals surface area contributed by atoms with E-state index in [-0.39, 0.29) is 0 Å². The monoisotopic (exact) mass is 323 g/mol. The number of hydrogen-bond donors (Lipinski definition) is 1. The van der Waals surface area contributed by atoms with E-state index in [1.165, 1.54) is 31.2 Å². The second-order valence-electron chi connectivity index (χ2n) is 4.99. The quantitative estimate of drug-likeness (QED) is 0.661. The Hall–Kier alpha value is -1.00. The first kappa shape index (κ1) is 13.0. The van der Waals surface area contributed by atoms with E-state index in [4.69, 9.17) is 9.47 Å². The SMILES string of the molecule is Brc1cc(CNCCC2=CCCC2)cc2c1OCO2. The van der Waals surface area contributed by atoms with E-state index in [0.29, 0.717) is 6.79 Å². The minimum absolute atomic E-state index is 0.318. The third kappa shape index (κ3) is 3.12. The highest BCUT2D eigenvalue weighted by atomic mass is 79.9.